The molecule has 3 aliphatic rings. The van der Waals surface area contributed by atoms with Crippen molar-refractivity contribution in [1.82, 2.24) is 0 Å². The molecule has 0 radical (unpaired) electrons. The van der Waals surface area contributed by atoms with Gasteiger partial charge in [-0.2, -0.15) is 4.58 Å². The molecule has 0 saturated heterocycles. The summed E-state index contributed by atoms with van der Waals surface area (Å²) in [5.74, 6) is 0.816. The molecule has 198 valence electrons. The Morgan fingerprint density at radius 2 is 1.58 bits per heavy atom. The van der Waals surface area contributed by atoms with Crippen LogP contribution in [0.15, 0.2) is 83.3 Å². The van der Waals surface area contributed by atoms with Crippen LogP contribution in [0, 0.1) is 0 Å². The normalized spacial score (nSPS) is 21.3. The molecule has 5 rings (SSSR count). The van der Waals surface area contributed by atoms with E-state index in [1.165, 1.54) is 22.5 Å². The van der Waals surface area contributed by atoms with E-state index in [-0.39, 0.29) is 16.6 Å². The van der Waals surface area contributed by atoms with Gasteiger partial charge in [0.05, 0.1) is 23.2 Å². The van der Waals surface area contributed by atoms with E-state index in [0.717, 1.165) is 43.1 Å². The van der Waals surface area contributed by atoms with Crippen LogP contribution in [0.1, 0.15) is 72.4 Å². The van der Waals surface area contributed by atoms with E-state index in [2.05, 4.69) is 119 Å². The molecule has 4 heteroatoms. The molecule has 38 heavy (non-hydrogen) atoms. The number of likely N-dealkylation sites (N-methyl/N-ethyl adjacent to an activating group) is 1. The third-order valence-corrected chi connectivity index (χ3v) is 8.52. The second-order valence-corrected chi connectivity index (χ2v) is 11.5. The predicted molar refractivity (Wildman–Crippen MR) is 156 cm³/mol. The number of carbonyl (C=O) groups excluding carboxylic acids is 1. The third-order valence-electron chi connectivity index (χ3n) is 8.52. The third kappa shape index (κ3) is 3.88. The van der Waals surface area contributed by atoms with E-state index < -0.39 is 0 Å². The van der Waals surface area contributed by atoms with Crippen LogP contribution in [0.4, 0.5) is 11.4 Å². The Labute approximate surface area is 228 Å². The summed E-state index contributed by atoms with van der Waals surface area (Å²) in [7, 11) is 0. The molecule has 0 fully saturated rings. The van der Waals surface area contributed by atoms with Crippen molar-refractivity contribution in [2.45, 2.75) is 72.1 Å². The zero-order valence-corrected chi connectivity index (χ0v) is 24.0. The van der Waals surface area contributed by atoms with Gasteiger partial charge in [0.25, 0.3) is 0 Å². The van der Waals surface area contributed by atoms with Crippen LogP contribution >= 0.6 is 0 Å². The molecule has 0 saturated carbocycles. The summed E-state index contributed by atoms with van der Waals surface area (Å²) < 4.78 is 8.70. The minimum atomic E-state index is -0.198. The summed E-state index contributed by atoms with van der Waals surface area (Å²) >= 11 is 0. The highest BCUT2D eigenvalue weighted by molar-refractivity contribution is 6.24. The smallest absolute Gasteiger partial charge is 0.209 e. The SMILES string of the molecule is CCCCOC1=C(C=C2N(CC)c3ccccc3C2(C)C)C(=O)C1=CC1=[N+](CC)c2ccccc2C1(C)C. The Morgan fingerprint density at radius 1 is 0.895 bits per heavy atom. The monoisotopic (exact) mass is 509 g/mol. The maximum Gasteiger partial charge on any atom is 0.209 e. The van der Waals surface area contributed by atoms with Gasteiger partial charge in [0, 0.05) is 41.1 Å². The zero-order valence-electron chi connectivity index (χ0n) is 24.0. The van der Waals surface area contributed by atoms with Crippen molar-refractivity contribution >= 4 is 22.9 Å². The number of fused-ring (bicyclic) bond motifs is 2. The van der Waals surface area contributed by atoms with E-state index in [4.69, 9.17) is 4.74 Å². The standard InChI is InChI=1S/C34H41N2O2/c1-8-11-20-38-32-23(21-29-33(4,5)25-16-12-14-18-27(25)35(29)9-2)31(37)24(32)22-30-34(6,7)26-17-13-15-19-28(26)36(30)10-3/h12-19,21-22H,8-11,20H2,1-7H3/q+1. The predicted octanol–water partition coefficient (Wildman–Crippen LogP) is 7.36. The summed E-state index contributed by atoms with van der Waals surface area (Å²) in [5.41, 5.74) is 8.33. The lowest BCUT2D eigenvalue weighted by Gasteiger charge is -2.30. The molecule has 0 amide bonds. The van der Waals surface area contributed by atoms with Gasteiger partial charge in [-0.05, 0) is 51.8 Å². The molecule has 0 N–H and O–H groups in total. The van der Waals surface area contributed by atoms with Gasteiger partial charge in [-0.3, -0.25) is 4.79 Å². The van der Waals surface area contributed by atoms with E-state index in [0.29, 0.717) is 17.8 Å². The van der Waals surface area contributed by atoms with Crippen molar-refractivity contribution in [2.75, 3.05) is 24.6 Å². The van der Waals surface area contributed by atoms with Gasteiger partial charge < -0.3 is 9.64 Å². The molecule has 2 heterocycles. The van der Waals surface area contributed by atoms with Gasteiger partial charge in [0.2, 0.25) is 11.5 Å². The first-order valence-electron chi connectivity index (χ1n) is 14.2. The Morgan fingerprint density at radius 3 is 2.26 bits per heavy atom. The number of allylic oxidation sites excluding steroid dienone is 5. The van der Waals surface area contributed by atoms with Crippen LogP contribution in [0.2, 0.25) is 0 Å². The molecule has 0 spiro atoms. The Bertz CT molecular complexity index is 1420. The number of carbonyl (C=O) groups is 1. The summed E-state index contributed by atoms with van der Waals surface area (Å²) in [6, 6.07) is 17.1. The summed E-state index contributed by atoms with van der Waals surface area (Å²) in [4.78, 5) is 16.2. The number of anilines is 1. The number of benzene rings is 2. The molecule has 4 nitrogen and oxygen atoms in total. The number of Topliss-reactive ketones (excluding diaryl/α,β-unsaturated/α-hetero) is 1. The average molecular weight is 510 g/mol. The highest BCUT2D eigenvalue weighted by Crippen LogP contribution is 2.49. The summed E-state index contributed by atoms with van der Waals surface area (Å²) in [5, 5.41) is 0. The number of rotatable bonds is 8. The van der Waals surface area contributed by atoms with Gasteiger partial charge in [0.1, 0.15) is 12.3 Å². The zero-order chi connectivity index (χ0) is 27.2. The van der Waals surface area contributed by atoms with E-state index in [1.54, 1.807) is 0 Å². The maximum atomic E-state index is 13.8. The van der Waals surface area contributed by atoms with Gasteiger partial charge in [-0.25, -0.2) is 0 Å². The first kappa shape index (κ1) is 26.2. The Balaban J connectivity index is 1.62. The number of ether oxygens (including phenoxy) is 1. The number of hydrogen-bond acceptors (Lipinski definition) is 3. The number of hydrogen-bond donors (Lipinski definition) is 0. The minimum absolute atomic E-state index is 0.0714. The van der Waals surface area contributed by atoms with Crippen molar-refractivity contribution in [3.05, 3.63) is 94.4 Å². The van der Waals surface area contributed by atoms with Crippen molar-refractivity contribution in [2.24, 2.45) is 0 Å². The lowest BCUT2D eigenvalue weighted by atomic mass is 9.77. The van der Waals surface area contributed by atoms with Gasteiger partial charge >= 0.3 is 0 Å². The quantitative estimate of drug-likeness (QED) is 0.212. The largest absolute Gasteiger partial charge is 0.492 e. The van der Waals surface area contributed by atoms with Crippen molar-refractivity contribution in [3.8, 4) is 0 Å². The summed E-state index contributed by atoms with van der Waals surface area (Å²) in [6.45, 7) is 17.8. The molecular formula is C34H41N2O2+. The molecule has 0 unspecified atom stereocenters. The highest BCUT2D eigenvalue weighted by atomic mass is 16.5. The lowest BCUT2D eigenvalue weighted by molar-refractivity contribution is -0.433. The van der Waals surface area contributed by atoms with Crippen LogP contribution in [0.3, 0.4) is 0 Å². The first-order chi connectivity index (χ1) is 18.2. The van der Waals surface area contributed by atoms with Crippen molar-refractivity contribution in [3.63, 3.8) is 0 Å². The summed E-state index contributed by atoms with van der Waals surface area (Å²) in [6.07, 6.45) is 6.20. The average Bonchev–Trinajstić information content (AvgIpc) is 3.27. The number of para-hydroxylation sites is 2. The number of unbranched alkanes of at least 4 members (excludes halogenated alkanes) is 1. The van der Waals surface area contributed by atoms with Crippen LogP contribution in [-0.2, 0) is 20.4 Å². The molecule has 0 atom stereocenters. The van der Waals surface area contributed by atoms with Gasteiger partial charge in [-0.1, -0.05) is 63.6 Å². The van der Waals surface area contributed by atoms with Crippen LogP contribution in [-0.4, -0.2) is 35.8 Å². The first-order valence-corrected chi connectivity index (χ1v) is 14.2. The molecule has 2 aliphatic heterocycles. The maximum absolute atomic E-state index is 13.8. The van der Waals surface area contributed by atoms with E-state index in [1.807, 2.05) is 0 Å². The van der Waals surface area contributed by atoms with Crippen molar-refractivity contribution < 1.29 is 14.1 Å². The molecule has 0 bridgehead atoms. The fourth-order valence-electron chi connectivity index (χ4n) is 6.33. The topological polar surface area (TPSA) is 32.5 Å². The van der Waals surface area contributed by atoms with Gasteiger partial charge in [0.15, 0.2) is 5.71 Å². The van der Waals surface area contributed by atoms with Crippen LogP contribution in [0.25, 0.3) is 0 Å². The van der Waals surface area contributed by atoms with Crippen molar-refractivity contribution in [1.29, 1.82) is 0 Å². The fraction of sp³-hybridized carbons (Fsp3) is 0.412. The second kappa shape index (κ2) is 9.72. The van der Waals surface area contributed by atoms with Gasteiger partial charge in [-0.15, -0.1) is 0 Å². The molecule has 0 aromatic heterocycles. The molecule has 2 aromatic carbocycles. The highest BCUT2D eigenvalue weighted by Gasteiger charge is 2.47. The number of ketones is 1. The molecular weight excluding hydrogens is 468 g/mol. The van der Waals surface area contributed by atoms with E-state index in [9.17, 15) is 4.79 Å². The Hall–Kier alpha value is -3.40. The molecule has 1 aliphatic carbocycles. The van der Waals surface area contributed by atoms with E-state index >= 15 is 0 Å². The fourth-order valence-corrected chi connectivity index (χ4v) is 6.33. The lowest BCUT2D eigenvalue weighted by Crippen LogP contribution is -2.32. The van der Waals surface area contributed by atoms with Crippen LogP contribution < -0.4 is 4.90 Å². The molecule has 2 aromatic rings. The number of nitrogens with zero attached hydrogens (tertiary/aromatic N) is 2. The minimum Gasteiger partial charge on any atom is -0.492 e. The Kier molecular flexibility index (Phi) is 6.71. The second-order valence-electron chi connectivity index (χ2n) is 11.5. The van der Waals surface area contributed by atoms with Crippen LogP contribution in [0.5, 0.6) is 0 Å².